The highest BCUT2D eigenvalue weighted by Gasteiger charge is 2.54. The third-order valence-corrected chi connectivity index (χ3v) is 7.86. The number of nitrogens with zero attached hydrogens (tertiary/aromatic N) is 2. The highest BCUT2D eigenvalue weighted by molar-refractivity contribution is 7.80. The zero-order chi connectivity index (χ0) is 24.8. The van der Waals surface area contributed by atoms with E-state index in [2.05, 4.69) is 27.7 Å². The molecule has 0 bridgehead atoms. The van der Waals surface area contributed by atoms with Crippen LogP contribution in [0.3, 0.4) is 0 Å². The molecule has 4 rings (SSSR count). The molecule has 2 N–H and O–H groups in total. The van der Waals surface area contributed by atoms with Crippen LogP contribution in [0.15, 0.2) is 23.4 Å². The molecular formula is C25H36N4O5S. The molecule has 3 aliphatic rings. The van der Waals surface area contributed by atoms with E-state index in [1.54, 1.807) is 20.3 Å². The first-order valence-corrected chi connectivity index (χ1v) is 12.8. The Kier molecular flexibility index (Phi) is 8.33. The fourth-order valence-electron chi connectivity index (χ4n) is 5.25. The lowest BCUT2D eigenvalue weighted by atomic mass is 9.79. The first kappa shape index (κ1) is 25.5. The molecule has 1 saturated carbocycles. The van der Waals surface area contributed by atoms with Crippen LogP contribution in [-0.4, -0.2) is 67.9 Å². The number of ether oxygens (including phenoxy) is 3. The van der Waals surface area contributed by atoms with Crippen LogP contribution in [0.4, 0.5) is 4.79 Å². The van der Waals surface area contributed by atoms with E-state index in [0.29, 0.717) is 17.5 Å². The Morgan fingerprint density at radius 2 is 1.91 bits per heavy atom. The average molecular weight is 505 g/mol. The second-order valence-corrected chi connectivity index (χ2v) is 9.86. The van der Waals surface area contributed by atoms with Gasteiger partial charge in [-0.15, -0.1) is 0 Å². The summed E-state index contributed by atoms with van der Waals surface area (Å²) < 4.78 is 16.3. The molecule has 35 heavy (non-hydrogen) atoms. The van der Waals surface area contributed by atoms with E-state index in [-0.39, 0.29) is 18.4 Å². The molecule has 1 saturated heterocycles. The van der Waals surface area contributed by atoms with Gasteiger partial charge >= 0.3 is 6.09 Å². The number of hydrogen-bond donors (Lipinski definition) is 2. The summed E-state index contributed by atoms with van der Waals surface area (Å²) in [5.41, 5.74) is 0.271. The lowest BCUT2D eigenvalue weighted by Crippen LogP contribution is -2.55. The van der Waals surface area contributed by atoms with Crippen molar-refractivity contribution in [3.63, 3.8) is 0 Å². The number of rotatable bonds is 6. The molecule has 1 aromatic rings. The Labute approximate surface area is 212 Å². The van der Waals surface area contributed by atoms with E-state index in [1.165, 1.54) is 19.3 Å². The molecule has 0 aromatic heterocycles. The second kappa shape index (κ2) is 11.4. The number of methoxy groups -OCH3 is 2. The summed E-state index contributed by atoms with van der Waals surface area (Å²) in [6.07, 6.45) is 6.85. The second-order valence-electron chi connectivity index (χ2n) is 9.44. The molecule has 192 valence electrons. The van der Waals surface area contributed by atoms with Crippen LogP contribution in [-0.2, 0) is 16.1 Å². The van der Waals surface area contributed by atoms with E-state index in [4.69, 9.17) is 31.3 Å². The Balaban J connectivity index is 1.44. The number of piperidine rings is 1. The van der Waals surface area contributed by atoms with Crippen molar-refractivity contribution < 1.29 is 23.8 Å². The van der Waals surface area contributed by atoms with Crippen molar-refractivity contribution in [2.24, 2.45) is 11.1 Å². The van der Waals surface area contributed by atoms with Crippen molar-refractivity contribution in [3.05, 3.63) is 23.8 Å². The van der Waals surface area contributed by atoms with Crippen LogP contribution in [0.5, 0.6) is 11.5 Å². The quantitative estimate of drug-likeness (QED) is 0.568. The summed E-state index contributed by atoms with van der Waals surface area (Å²) in [6, 6.07) is 5.87. The molecule has 9 nitrogen and oxygen atoms in total. The number of carbonyl (C=O) groups is 1. The molecule has 2 fully saturated rings. The monoisotopic (exact) mass is 504 g/mol. The van der Waals surface area contributed by atoms with Crippen molar-refractivity contribution in [3.8, 4) is 11.5 Å². The minimum Gasteiger partial charge on any atom is -0.493 e. The van der Waals surface area contributed by atoms with Crippen LogP contribution >= 0.6 is 12.2 Å². The van der Waals surface area contributed by atoms with Crippen molar-refractivity contribution in [2.75, 3.05) is 34.4 Å². The zero-order valence-electron chi connectivity index (χ0n) is 20.8. The smallest absolute Gasteiger partial charge is 0.414 e. The Bertz CT molecular complexity index is 944. The molecule has 1 aromatic carbocycles. The highest BCUT2D eigenvalue weighted by Crippen LogP contribution is 2.40. The summed E-state index contributed by atoms with van der Waals surface area (Å²) in [5, 5.41) is 10.4. The summed E-state index contributed by atoms with van der Waals surface area (Å²) in [6.45, 7) is 1.88. The van der Waals surface area contributed by atoms with Gasteiger partial charge in [-0.2, -0.15) is 0 Å². The van der Waals surface area contributed by atoms with E-state index in [0.717, 1.165) is 49.3 Å². The molecule has 2 aliphatic heterocycles. The van der Waals surface area contributed by atoms with Gasteiger partial charge in [0.15, 0.2) is 17.1 Å². The summed E-state index contributed by atoms with van der Waals surface area (Å²) in [4.78, 5) is 21.7. The minimum absolute atomic E-state index is 0.240. The maximum Gasteiger partial charge on any atom is 0.414 e. The first-order chi connectivity index (χ1) is 17.0. The molecule has 1 unspecified atom stereocenters. The van der Waals surface area contributed by atoms with Crippen LogP contribution in [0.2, 0.25) is 0 Å². The largest absolute Gasteiger partial charge is 0.493 e. The van der Waals surface area contributed by atoms with Gasteiger partial charge in [-0.25, -0.2) is 4.79 Å². The maximum atomic E-state index is 12.8. The predicted octanol–water partition coefficient (Wildman–Crippen LogP) is 3.60. The number of thiocarbonyl (C=S) groups is 1. The molecule has 0 radical (unpaired) electrons. The molecule has 1 atom stereocenters. The van der Waals surface area contributed by atoms with Gasteiger partial charge in [-0.3, -0.25) is 0 Å². The number of hydrogen-bond acceptors (Lipinski definition) is 8. The fourth-order valence-corrected chi connectivity index (χ4v) is 5.72. The number of alkyl carbamates (subject to hydrolysis) is 1. The summed E-state index contributed by atoms with van der Waals surface area (Å²) in [5.74, 6) is 1.09. The Morgan fingerprint density at radius 1 is 1.20 bits per heavy atom. The molecule has 1 amide bonds. The van der Waals surface area contributed by atoms with Crippen molar-refractivity contribution in [1.29, 1.82) is 0 Å². The average Bonchev–Trinajstić information content (AvgIpc) is 3.23. The van der Waals surface area contributed by atoms with Gasteiger partial charge < -0.3 is 34.6 Å². The Morgan fingerprint density at radius 3 is 2.60 bits per heavy atom. The minimum atomic E-state index is -0.596. The predicted molar refractivity (Wildman–Crippen MR) is 137 cm³/mol. The van der Waals surface area contributed by atoms with Crippen molar-refractivity contribution >= 4 is 29.2 Å². The standard InChI is InChI=1S/C25H36N4O5S/c1-29(18-7-5-4-6-8-18)23(35)21-22(28-34-25(21)11-13-26-14-12-25)33-24(30)27-16-17-9-10-19(31-2)20(15-17)32-3/h9-10,15,18,21,26H,4-8,11-14,16H2,1-3H3,(H,27,30). The molecule has 10 heteroatoms. The van der Waals surface area contributed by atoms with Gasteiger partial charge in [0.05, 0.1) is 19.2 Å². The van der Waals surface area contributed by atoms with Gasteiger partial charge in [0.25, 0.3) is 5.90 Å². The third kappa shape index (κ3) is 5.64. The number of nitrogens with one attached hydrogen (secondary N) is 2. The van der Waals surface area contributed by atoms with Gasteiger partial charge in [-0.1, -0.05) is 37.5 Å². The maximum absolute atomic E-state index is 12.8. The SMILES string of the molecule is COc1ccc(CNC(=O)OC2=NOC3(CCNCC3)C2C(=S)N(C)C2CCCCC2)cc1OC. The molecule has 1 aliphatic carbocycles. The normalized spacial score (nSPS) is 21.6. The zero-order valence-corrected chi connectivity index (χ0v) is 21.6. The fraction of sp³-hybridized carbons (Fsp3) is 0.640. The lowest BCUT2D eigenvalue weighted by molar-refractivity contribution is -0.0543. The number of benzene rings is 1. The molecular weight excluding hydrogens is 468 g/mol. The third-order valence-electron chi connectivity index (χ3n) is 7.34. The molecule has 1 spiro atoms. The van der Waals surface area contributed by atoms with Crippen LogP contribution in [0, 0.1) is 5.92 Å². The summed E-state index contributed by atoms with van der Waals surface area (Å²) >= 11 is 6.00. The van der Waals surface area contributed by atoms with E-state index in [9.17, 15) is 4.79 Å². The lowest BCUT2D eigenvalue weighted by Gasteiger charge is -2.41. The number of oxime groups is 1. The van der Waals surface area contributed by atoms with E-state index >= 15 is 0 Å². The number of carbonyl (C=O) groups excluding carboxylic acids is 1. The summed E-state index contributed by atoms with van der Waals surface area (Å²) in [7, 11) is 5.21. The highest BCUT2D eigenvalue weighted by atomic mass is 32.1. The Hall–Kier alpha value is -2.59. The number of amides is 1. The van der Waals surface area contributed by atoms with Gasteiger partial charge in [0.2, 0.25) is 0 Å². The van der Waals surface area contributed by atoms with Crippen molar-refractivity contribution in [2.45, 2.75) is 63.1 Å². The first-order valence-electron chi connectivity index (χ1n) is 12.4. The van der Waals surface area contributed by atoms with Crippen LogP contribution < -0.4 is 20.1 Å². The van der Waals surface area contributed by atoms with Gasteiger partial charge in [0, 0.05) is 32.5 Å². The molecule has 2 heterocycles. The van der Waals surface area contributed by atoms with E-state index < -0.39 is 11.7 Å². The van der Waals surface area contributed by atoms with Gasteiger partial charge in [-0.05, 0) is 48.8 Å². The van der Waals surface area contributed by atoms with Crippen molar-refractivity contribution in [1.82, 2.24) is 15.5 Å². The van der Waals surface area contributed by atoms with E-state index in [1.807, 2.05) is 12.1 Å². The van der Waals surface area contributed by atoms with Crippen LogP contribution in [0.1, 0.15) is 50.5 Å². The topological polar surface area (TPSA) is 93.7 Å². The van der Waals surface area contributed by atoms with Crippen LogP contribution in [0.25, 0.3) is 0 Å². The van der Waals surface area contributed by atoms with Gasteiger partial charge in [0.1, 0.15) is 5.92 Å².